The number of aromatic hydroxyl groups is 1. The third-order valence-corrected chi connectivity index (χ3v) is 4.61. The highest BCUT2D eigenvalue weighted by molar-refractivity contribution is 7.14. The van der Waals surface area contributed by atoms with Gasteiger partial charge in [-0.1, -0.05) is 0 Å². The molecule has 1 aromatic carbocycles. The van der Waals surface area contributed by atoms with Gasteiger partial charge in [0.25, 0.3) is 0 Å². The summed E-state index contributed by atoms with van der Waals surface area (Å²) >= 11 is 7.27. The van der Waals surface area contributed by atoms with Gasteiger partial charge in [0.05, 0.1) is 5.69 Å². The molecule has 1 amide bonds. The van der Waals surface area contributed by atoms with E-state index in [2.05, 4.69) is 4.98 Å². The molecule has 0 aliphatic carbocycles. The summed E-state index contributed by atoms with van der Waals surface area (Å²) in [5.41, 5.74) is 1.73. The number of thiazole rings is 1. The molecule has 1 unspecified atom stereocenters. The summed E-state index contributed by atoms with van der Waals surface area (Å²) in [6.45, 7) is 0.644. The number of halogens is 1. The van der Waals surface area contributed by atoms with Crippen LogP contribution in [0.1, 0.15) is 6.42 Å². The number of aromatic nitrogens is 1. The van der Waals surface area contributed by atoms with E-state index in [1.54, 1.807) is 17.0 Å². The maximum absolute atomic E-state index is 11.9. The van der Waals surface area contributed by atoms with Crippen LogP contribution < -0.4 is 4.90 Å². The van der Waals surface area contributed by atoms with Crippen LogP contribution in [0.2, 0.25) is 0 Å². The highest BCUT2D eigenvalue weighted by Gasteiger charge is 2.31. The number of carbonyl (C=O) groups is 1. The first-order valence-corrected chi connectivity index (χ1v) is 7.70. The fourth-order valence-corrected chi connectivity index (χ4v) is 3.29. The Morgan fingerprint density at radius 2 is 2.15 bits per heavy atom. The van der Waals surface area contributed by atoms with E-state index in [-0.39, 0.29) is 17.6 Å². The number of phenols is 1. The van der Waals surface area contributed by atoms with E-state index in [0.717, 1.165) is 11.3 Å². The van der Waals surface area contributed by atoms with Gasteiger partial charge in [0, 0.05) is 29.8 Å². The lowest BCUT2D eigenvalue weighted by atomic mass is 10.2. The first-order valence-electron chi connectivity index (χ1n) is 6.28. The van der Waals surface area contributed by atoms with Crippen LogP contribution in [0.25, 0.3) is 11.3 Å². The molecule has 104 valence electrons. The molecule has 0 radical (unpaired) electrons. The largest absolute Gasteiger partial charge is 0.508 e. The van der Waals surface area contributed by atoms with Crippen molar-refractivity contribution < 1.29 is 9.90 Å². The molecule has 1 aliphatic heterocycles. The van der Waals surface area contributed by atoms with Crippen molar-refractivity contribution in [1.29, 1.82) is 0 Å². The molecule has 1 aliphatic rings. The zero-order valence-corrected chi connectivity index (χ0v) is 12.2. The van der Waals surface area contributed by atoms with Crippen molar-refractivity contribution >= 4 is 34.0 Å². The molecule has 1 aromatic heterocycles. The Morgan fingerprint density at radius 1 is 1.40 bits per heavy atom. The number of phenolic OH excluding ortho intramolecular Hbond substituents is 1. The molecular weight excluding hydrogens is 296 g/mol. The molecule has 0 spiro atoms. The number of nitrogens with zero attached hydrogens (tertiary/aromatic N) is 2. The van der Waals surface area contributed by atoms with Crippen LogP contribution in [0.4, 0.5) is 5.13 Å². The number of hydrogen-bond donors (Lipinski definition) is 1. The van der Waals surface area contributed by atoms with Crippen LogP contribution >= 0.6 is 22.9 Å². The van der Waals surface area contributed by atoms with Crippen molar-refractivity contribution in [2.24, 2.45) is 5.92 Å². The molecule has 1 fully saturated rings. The average molecular weight is 309 g/mol. The Bertz CT molecular complexity index is 626. The van der Waals surface area contributed by atoms with E-state index < -0.39 is 0 Å². The predicted molar refractivity (Wildman–Crippen MR) is 80.4 cm³/mol. The van der Waals surface area contributed by atoms with Gasteiger partial charge in [-0.05, 0) is 30.2 Å². The summed E-state index contributed by atoms with van der Waals surface area (Å²) in [4.78, 5) is 18.2. The summed E-state index contributed by atoms with van der Waals surface area (Å²) < 4.78 is 0. The van der Waals surface area contributed by atoms with Crippen molar-refractivity contribution in [3.05, 3.63) is 29.6 Å². The molecule has 1 N–H and O–H groups in total. The van der Waals surface area contributed by atoms with Crippen molar-refractivity contribution in [3.63, 3.8) is 0 Å². The molecule has 1 saturated heterocycles. The molecule has 0 bridgehead atoms. The number of rotatable bonds is 3. The standard InChI is InChI=1S/C14H13ClN2O2S/c15-6-9-5-13(19)17(7-9)14-16-12(8-20-14)10-1-3-11(18)4-2-10/h1-4,8-9,18H,5-7H2. The van der Waals surface area contributed by atoms with Crippen molar-refractivity contribution in [2.75, 3.05) is 17.3 Å². The summed E-state index contributed by atoms with van der Waals surface area (Å²) in [6.07, 6.45) is 0.498. The quantitative estimate of drug-likeness (QED) is 0.886. The van der Waals surface area contributed by atoms with Crippen LogP contribution in [0.15, 0.2) is 29.6 Å². The zero-order chi connectivity index (χ0) is 14.1. The SMILES string of the molecule is O=C1CC(CCl)CN1c1nc(-c2ccc(O)cc2)cs1. The highest BCUT2D eigenvalue weighted by Crippen LogP contribution is 2.32. The molecule has 2 aromatic rings. The molecule has 6 heteroatoms. The van der Waals surface area contributed by atoms with E-state index >= 15 is 0 Å². The van der Waals surface area contributed by atoms with Crippen molar-refractivity contribution in [2.45, 2.75) is 6.42 Å². The van der Waals surface area contributed by atoms with Gasteiger partial charge >= 0.3 is 0 Å². The fraction of sp³-hybridized carbons (Fsp3) is 0.286. The smallest absolute Gasteiger partial charge is 0.229 e. The van der Waals surface area contributed by atoms with E-state index in [9.17, 15) is 9.90 Å². The molecule has 4 nitrogen and oxygen atoms in total. The van der Waals surface area contributed by atoms with Crippen LogP contribution in [0, 0.1) is 5.92 Å². The average Bonchev–Trinajstić information content (AvgIpc) is 3.06. The number of hydrogen-bond acceptors (Lipinski definition) is 4. The summed E-state index contributed by atoms with van der Waals surface area (Å²) in [5, 5.41) is 11.9. The van der Waals surface area contributed by atoms with Crippen molar-refractivity contribution in [1.82, 2.24) is 4.98 Å². The molecular formula is C14H13ClN2O2S. The normalized spacial score (nSPS) is 18.8. The van der Waals surface area contributed by atoms with Gasteiger partial charge in [0.15, 0.2) is 5.13 Å². The van der Waals surface area contributed by atoms with E-state index in [1.165, 1.54) is 11.3 Å². The number of amides is 1. The van der Waals surface area contributed by atoms with Crippen molar-refractivity contribution in [3.8, 4) is 17.0 Å². The number of carbonyl (C=O) groups excluding carboxylic acids is 1. The second kappa shape index (κ2) is 5.42. The van der Waals surface area contributed by atoms with Gasteiger partial charge in [-0.15, -0.1) is 22.9 Å². The first-order chi connectivity index (χ1) is 9.67. The zero-order valence-electron chi connectivity index (χ0n) is 10.6. The predicted octanol–water partition coefficient (Wildman–Crippen LogP) is 3.11. The Morgan fingerprint density at radius 3 is 2.80 bits per heavy atom. The number of alkyl halides is 1. The van der Waals surface area contributed by atoms with Gasteiger partial charge < -0.3 is 5.11 Å². The van der Waals surface area contributed by atoms with Crippen LogP contribution in [-0.2, 0) is 4.79 Å². The summed E-state index contributed by atoms with van der Waals surface area (Å²) in [7, 11) is 0. The minimum absolute atomic E-state index is 0.0854. The molecule has 20 heavy (non-hydrogen) atoms. The van der Waals surface area contributed by atoms with E-state index in [4.69, 9.17) is 11.6 Å². The van der Waals surface area contributed by atoms with Gasteiger partial charge in [-0.3, -0.25) is 9.69 Å². The van der Waals surface area contributed by atoms with Gasteiger partial charge in [-0.25, -0.2) is 4.98 Å². The lowest BCUT2D eigenvalue weighted by Crippen LogP contribution is -2.24. The van der Waals surface area contributed by atoms with E-state index in [1.807, 2.05) is 17.5 Å². The lowest BCUT2D eigenvalue weighted by Gasteiger charge is -2.11. The second-order valence-electron chi connectivity index (χ2n) is 4.79. The summed E-state index contributed by atoms with van der Waals surface area (Å²) in [5.74, 6) is 1.02. The second-order valence-corrected chi connectivity index (χ2v) is 5.94. The van der Waals surface area contributed by atoms with Gasteiger partial charge in [0.1, 0.15) is 5.75 Å². The minimum atomic E-state index is 0.0854. The van der Waals surface area contributed by atoms with Gasteiger partial charge in [-0.2, -0.15) is 0 Å². The monoisotopic (exact) mass is 308 g/mol. The third kappa shape index (κ3) is 2.51. The molecule has 0 saturated carbocycles. The van der Waals surface area contributed by atoms with E-state index in [0.29, 0.717) is 24.0 Å². The Hall–Kier alpha value is -1.59. The van der Waals surface area contributed by atoms with Crippen LogP contribution in [0.3, 0.4) is 0 Å². The summed E-state index contributed by atoms with van der Waals surface area (Å²) in [6, 6.07) is 6.86. The van der Waals surface area contributed by atoms with Gasteiger partial charge in [0.2, 0.25) is 5.91 Å². The lowest BCUT2D eigenvalue weighted by molar-refractivity contribution is -0.117. The molecule has 3 rings (SSSR count). The maximum Gasteiger partial charge on any atom is 0.229 e. The first kappa shape index (κ1) is 13.4. The maximum atomic E-state index is 11.9. The fourth-order valence-electron chi connectivity index (χ4n) is 2.22. The third-order valence-electron chi connectivity index (χ3n) is 3.31. The number of benzene rings is 1. The highest BCUT2D eigenvalue weighted by atomic mass is 35.5. The number of anilines is 1. The minimum Gasteiger partial charge on any atom is -0.508 e. The molecule has 1 atom stereocenters. The van der Waals surface area contributed by atoms with Crippen LogP contribution in [-0.4, -0.2) is 28.4 Å². The Balaban J connectivity index is 1.83. The topological polar surface area (TPSA) is 53.4 Å². The molecule has 2 heterocycles. The van der Waals surface area contributed by atoms with Crippen LogP contribution in [0.5, 0.6) is 5.75 Å². The Labute approximate surface area is 125 Å². The Kier molecular flexibility index (Phi) is 3.63.